The maximum atomic E-state index is 9.21. The van der Waals surface area contributed by atoms with Crippen LogP contribution < -0.4 is 5.73 Å². The van der Waals surface area contributed by atoms with E-state index in [2.05, 4.69) is 0 Å². The predicted octanol–water partition coefficient (Wildman–Crippen LogP) is 0.123. The number of hydrogen-bond acceptors (Lipinski definition) is 3. The Balaban J connectivity index is 3.04. The predicted molar refractivity (Wildman–Crippen MR) is 40.8 cm³/mol. The molecule has 3 N–H and O–H groups in total. The van der Waals surface area contributed by atoms with Gasteiger partial charge >= 0.3 is 0 Å². The van der Waals surface area contributed by atoms with E-state index >= 15 is 0 Å². The van der Waals surface area contributed by atoms with Gasteiger partial charge in [0.05, 0.1) is 12.2 Å². The van der Waals surface area contributed by atoms with Crippen molar-refractivity contribution in [1.29, 1.82) is 0 Å². The van der Waals surface area contributed by atoms with Crippen LogP contribution in [0.25, 0.3) is 0 Å². The van der Waals surface area contributed by atoms with Gasteiger partial charge in [0.1, 0.15) is 0 Å². The van der Waals surface area contributed by atoms with Crippen molar-refractivity contribution in [2.75, 3.05) is 19.8 Å². The fourth-order valence-corrected chi connectivity index (χ4v) is 0.507. The first-order valence-electron chi connectivity index (χ1n) is 3.56. The molecule has 10 heavy (non-hydrogen) atoms. The van der Waals surface area contributed by atoms with Crippen molar-refractivity contribution in [2.45, 2.75) is 25.9 Å². The molecule has 0 atom stereocenters. The zero-order chi connectivity index (χ0) is 8.04. The Morgan fingerprint density at radius 1 is 1.40 bits per heavy atom. The minimum Gasteiger partial charge on any atom is -0.390 e. The van der Waals surface area contributed by atoms with E-state index in [0.717, 1.165) is 0 Å². The highest BCUT2D eigenvalue weighted by atomic mass is 16.5. The molecule has 0 rings (SSSR count). The molecule has 0 saturated carbocycles. The molecule has 0 aromatic carbocycles. The lowest BCUT2D eigenvalue weighted by molar-refractivity contribution is 0.0301. The Labute approximate surface area is 62.2 Å². The summed E-state index contributed by atoms with van der Waals surface area (Å²) >= 11 is 0. The lowest BCUT2D eigenvalue weighted by Gasteiger charge is -2.16. The maximum Gasteiger partial charge on any atom is 0.0613 e. The van der Waals surface area contributed by atoms with E-state index < -0.39 is 5.60 Å². The molecule has 0 bridgehead atoms. The van der Waals surface area contributed by atoms with Gasteiger partial charge in [-0.3, -0.25) is 0 Å². The summed E-state index contributed by atoms with van der Waals surface area (Å²) in [6, 6.07) is 0. The zero-order valence-electron chi connectivity index (χ0n) is 6.76. The highest BCUT2D eigenvalue weighted by Gasteiger charge is 2.10. The summed E-state index contributed by atoms with van der Waals surface area (Å²) in [5, 5.41) is 9.21. The lowest BCUT2D eigenvalue weighted by atomic mass is 10.1. The molecule has 0 aromatic heterocycles. The summed E-state index contributed by atoms with van der Waals surface area (Å²) in [7, 11) is 0. The van der Waals surface area contributed by atoms with Crippen LogP contribution >= 0.6 is 0 Å². The van der Waals surface area contributed by atoms with Crippen molar-refractivity contribution >= 4 is 0 Å². The normalized spacial score (nSPS) is 12.0. The molecule has 0 unspecified atom stereocenters. The van der Waals surface area contributed by atoms with Crippen LogP contribution in [0.4, 0.5) is 0 Å². The minimum absolute atomic E-state index is 0.547. The van der Waals surface area contributed by atoms with Gasteiger partial charge in [-0.15, -0.1) is 0 Å². The molecule has 0 spiro atoms. The van der Waals surface area contributed by atoms with Gasteiger partial charge in [0.15, 0.2) is 0 Å². The highest BCUT2D eigenvalue weighted by molar-refractivity contribution is 4.63. The Morgan fingerprint density at radius 2 is 2.00 bits per heavy atom. The smallest absolute Gasteiger partial charge is 0.0613 e. The van der Waals surface area contributed by atoms with E-state index in [4.69, 9.17) is 10.5 Å². The van der Waals surface area contributed by atoms with Crippen molar-refractivity contribution in [1.82, 2.24) is 0 Å². The largest absolute Gasteiger partial charge is 0.390 e. The molecule has 0 saturated heterocycles. The van der Waals surface area contributed by atoms with Crippen molar-refractivity contribution in [3.8, 4) is 0 Å². The number of aliphatic hydroxyl groups is 1. The van der Waals surface area contributed by atoms with Crippen LogP contribution in [0.3, 0.4) is 0 Å². The summed E-state index contributed by atoms with van der Waals surface area (Å²) in [6.07, 6.45) is 0.660. The van der Waals surface area contributed by atoms with E-state index in [0.29, 0.717) is 26.2 Å². The van der Waals surface area contributed by atoms with Gasteiger partial charge in [-0.25, -0.2) is 0 Å². The number of rotatable bonds is 5. The van der Waals surface area contributed by atoms with Crippen molar-refractivity contribution in [3.63, 3.8) is 0 Å². The molecule has 3 nitrogen and oxygen atoms in total. The Hall–Kier alpha value is -0.120. The molecule has 3 heteroatoms. The Morgan fingerprint density at radius 3 is 2.40 bits per heavy atom. The fourth-order valence-electron chi connectivity index (χ4n) is 0.507. The summed E-state index contributed by atoms with van der Waals surface area (Å²) in [5.74, 6) is 0. The third kappa shape index (κ3) is 7.88. The zero-order valence-corrected chi connectivity index (χ0v) is 6.76. The van der Waals surface area contributed by atoms with Crippen LogP contribution in [0.15, 0.2) is 0 Å². The maximum absolute atomic E-state index is 9.21. The van der Waals surface area contributed by atoms with Gasteiger partial charge in [0.25, 0.3) is 0 Å². The average molecular weight is 147 g/mol. The SMILES string of the molecule is CC(C)(O)CCOCCN. The topological polar surface area (TPSA) is 55.5 Å². The lowest BCUT2D eigenvalue weighted by Crippen LogP contribution is -2.21. The first-order valence-corrected chi connectivity index (χ1v) is 3.56. The summed E-state index contributed by atoms with van der Waals surface area (Å²) in [5.41, 5.74) is 4.57. The van der Waals surface area contributed by atoms with Crippen molar-refractivity contribution < 1.29 is 9.84 Å². The van der Waals surface area contributed by atoms with Crippen LogP contribution in [-0.2, 0) is 4.74 Å². The van der Waals surface area contributed by atoms with E-state index in [-0.39, 0.29) is 0 Å². The quantitative estimate of drug-likeness (QED) is 0.543. The van der Waals surface area contributed by atoms with Crippen LogP contribution in [0.1, 0.15) is 20.3 Å². The second kappa shape index (κ2) is 4.66. The summed E-state index contributed by atoms with van der Waals surface area (Å²) < 4.78 is 5.07. The minimum atomic E-state index is -0.616. The Kier molecular flexibility index (Phi) is 4.60. The van der Waals surface area contributed by atoms with Gasteiger partial charge in [-0.05, 0) is 20.3 Å². The second-order valence-corrected chi connectivity index (χ2v) is 2.96. The number of nitrogens with two attached hydrogens (primary N) is 1. The molecular weight excluding hydrogens is 130 g/mol. The highest BCUT2D eigenvalue weighted by Crippen LogP contribution is 2.05. The third-order valence-electron chi connectivity index (χ3n) is 1.12. The summed E-state index contributed by atoms with van der Waals surface area (Å²) in [4.78, 5) is 0. The first kappa shape index (κ1) is 9.88. The van der Waals surface area contributed by atoms with Gasteiger partial charge < -0.3 is 15.6 Å². The molecule has 0 heterocycles. The Bertz CT molecular complexity index is 78.2. The molecule has 0 aliphatic rings. The molecule has 0 amide bonds. The first-order chi connectivity index (χ1) is 4.56. The van der Waals surface area contributed by atoms with Gasteiger partial charge in [-0.2, -0.15) is 0 Å². The van der Waals surface area contributed by atoms with Gasteiger partial charge in [0.2, 0.25) is 0 Å². The van der Waals surface area contributed by atoms with Crippen molar-refractivity contribution in [3.05, 3.63) is 0 Å². The van der Waals surface area contributed by atoms with E-state index in [1.807, 2.05) is 0 Å². The monoisotopic (exact) mass is 147 g/mol. The molecule has 0 aliphatic carbocycles. The van der Waals surface area contributed by atoms with Crippen LogP contribution in [0.5, 0.6) is 0 Å². The van der Waals surface area contributed by atoms with E-state index in [1.54, 1.807) is 13.8 Å². The molecule has 0 aromatic rings. The fraction of sp³-hybridized carbons (Fsp3) is 1.00. The number of hydrogen-bond donors (Lipinski definition) is 2. The van der Waals surface area contributed by atoms with E-state index in [9.17, 15) is 5.11 Å². The molecule has 0 radical (unpaired) electrons. The molecule has 0 aliphatic heterocycles. The third-order valence-corrected chi connectivity index (χ3v) is 1.12. The molecule has 0 fully saturated rings. The summed E-state index contributed by atoms with van der Waals surface area (Å²) in [6.45, 7) is 5.24. The van der Waals surface area contributed by atoms with Gasteiger partial charge in [-0.1, -0.05) is 0 Å². The van der Waals surface area contributed by atoms with Crippen LogP contribution in [0.2, 0.25) is 0 Å². The second-order valence-electron chi connectivity index (χ2n) is 2.96. The number of ether oxygens (including phenoxy) is 1. The van der Waals surface area contributed by atoms with Crippen LogP contribution in [0, 0.1) is 0 Å². The average Bonchev–Trinajstić information content (AvgIpc) is 1.78. The molecular formula is C7H17NO2. The molecule has 62 valence electrons. The van der Waals surface area contributed by atoms with E-state index in [1.165, 1.54) is 0 Å². The van der Waals surface area contributed by atoms with Crippen LogP contribution in [-0.4, -0.2) is 30.5 Å². The van der Waals surface area contributed by atoms with Crippen molar-refractivity contribution in [2.24, 2.45) is 5.73 Å². The van der Waals surface area contributed by atoms with Gasteiger partial charge in [0, 0.05) is 13.2 Å². The standard InChI is InChI=1S/C7H17NO2/c1-7(2,9)3-5-10-6-4-8/h9H,3-6,8H2,1-2H3.